The fraction of sp³-hybridized carbons (Fsp3) is 0.684. The van der Waals surface area contributed by atoms with Gasteiger partial charge in [-0.3, -0.25) is 0 Å². The van der Waals surface area contributed by atoms with Gasteiger partial charge in [0.25, 0.3) is 0 Å². The van der Waals surface area contributed by atoms with Gasteiger partial charge in [-0.1, -0.05) is 32.9 Å². The Bertz CT molecular complexity index is 439. The van der Waals surface area contributed by atoms with Crippen molar-refractivity contribution >= 4 is 0 Å². The topological polar surface area (TPSA) is 21.3 Å². The zero-order valence-electron chi connectivity index (χ0n) is 14.1. The Labute approximate surface area is 130 Å². The van der Waals surface area contributed by atoms with Gasteiger partial charge < -0.3 is 10.1 Å². The van der Waals surface area contributed by atoms with E-state index in [1.165, 1.54) is 31.2 Å². The molecule has 2 rings (SSSR count). The largest absolute Gasteiger partial charge is 0.494 e. The van der Waals surface area contributed by atoms with Crippen LogP contribution in [-0.4, -0.2) is 19.2 Å². The van der Waals surface area contributed by atoms with Crippen molar-refractivity contribution in [1.29, 1.82) is 0 Å². The molecule has 1 saturated carbocycles. The van der Waals surface area contributed by atoms with Crippen molar-refractivity contribution in [2.45, 2.75) is 65.3 Å². The van der Waals surface area contributed by atoms with Crippen molar-refractivity contribution in [3.05, 3.63) is 29.8 Å². The molecule has 2 unspecified atom stereocenters. The molecule has 0 bridgehead atoms. The number of hydrogen-bond donors (Lipinski definition) is 1. The Hall–Kier alpha value is -1.02. The van der Waals surface area contributed by atoms with Crippen LogP contribution in [-0.2, 0) is 0 Å². The van der Waals surface area contributed by atoms with Crippen LogP contribution >= 0.6 is 0 Å². The highest BCUT2D eigenvalue weighted by atomic mass is 16.5. The molecule has 118 valence electrons. The van der Waals surface area contributed by atoms with Crippen molar-refractivity contribution in [1.82, 2.24) is 5.32 Å². The molecule has 0 aromatic heterocycles. The Morgan fingerprint density at radius 2 is 1.95 bits per heavy atom. The highest BCUT2D eigenvalue weighted by Crippen LogP contribution is 2.57. The molecule has 0 amide bonds. The maximum Gasteiger partial charge on any atom is 0.119 e. The zero-order valence-corrected chi connectivity index (χ0v) is 14.1. The number of benzene rings is 1. The van der Waals surface area contributed by atoms with Gasteiger partial charge >= 0.3 is 0 Å². The maximum absolute atomic E-state index is 5.68. The molecule has 1 aliphatic carbocycles. The van der Waals surface area contributed by atoms with E-state index in [4.69, 9.17) is 4.74 Å². The van der Waals surface area contributed by atoms with Crippen LogP contribution < -0.4 is 10.1 Å². The molecule has 21 heavy (non-hydrogen) atoms. The van der Waals surface area contributed by atoms with Gasteiger partial charge in [0.1, 0.15) is 5.75 Å². The summed E-state index contributed by atoms with van der Waals surface area (Å²) in [4.78, 5) is 0. The van der Waals surface area contributed by atoms with Gasteiger partial charge in [0, 0.05) is 6.04 Å². The van der Waals surface area contributed by atoms with Crippen LogP contribution in [0.25, 0.3) is 0 Å². The summed E-state index contributed by atoms with van der Waals surface area (Å²) in [6, 6.07) is 9.42. The minimum Gasteiger partial charge on any atom is -0.494 e. The molecule has 0 aliphatic heterocycles. The normalized spacial score (nSPS) is 23.6. The van der Waals surface area contributed by atoms with E-state index in [2.05, 4.69) is 50.4 Å². The third kappa shape index (κ3) is 3.11. The van der Waals surface area contributed by atoms with Gasteiger partial charge in [0.2, 0.25) is 0 Å². The number of hydrogen-bond acceptors (Lipinski definition) is 2. The van der Waals surface area contributed by atoms with E-state index in [1.807, 2.05) is 6.92 Å². The third-order valence-corrected chi connectivity index (χ3v) is 5.39. The Morgan fingerprint density at radius 1 is 1.19 bits per heavy atom. The molecule has 0 heterocycles. The Balaban J connectivity index is 2.17. The fourth-order valence-corrected chi connectivity index (χ4v) is 4.08. The summed E-state index contributed by atoms with van der Waals surface area (Å²) >= 11 is 0. The summed E-state index contributed by atoms with van der Waals surface area (Å²) in [5.41, 5.74) is 1.87. The van der Waals surface area contributed by atoms with Crippen LogP contribution in [0.4, 0.5) is 0 Å². The average Bonchev–Trinajstić information content (AvgIpc) is 2.49. The Morgan fingerprint density at radius 3 is 2.57 bits per heavy atom. The van der Waals surface area contributed by atoms with Gasteiger partial charge in [-0.25, -0.2) is 0 Å². The first-order valence-electron chi connectivity index (χ1n) is 8.67. The van der Waals surface area contributed by atoms with E-state index in [9.17, 15) is 0 Å². The second-order valence-corrected chi connectivity index (χ2v) is 6.24. The predicted octanol–water partition coefficient (Wildman–Crippen LogP) is 4.75. The molecular weight excluding hydrogens is 258 g/mol. The molecule has 1 aromatic carbocycles. The van der Waals surface area contributed by atoms with E-state index in [0.29, 0.717) is 17.4 Å². The average molecular weight is 289 g/mol. The lowest BCUT2D eigenvalue weighted by atomic mass is 9.52. The smallest absolute Gasteiger partial charge is 0.119 e. The highest BCUT2D eigenvalue weighted by Gasteiger charge is 2.52. The summed E-state index contributed by atoms with van der Waals surface area (Å²) in [6.45, 7) is 10.9. The van der Waals surface area contributed by atoms with Crippen LogP contribution in [0, 0.1) is 5.41 Å². The molecular formula is C19H31NO. The second-order valence-electron chi connectivity index (χ2n) is 6.24. The fourth-order valence-electron chi connectivity index (χ4n) is 4.08. The SMILES string of the molecule is CCCNC1CC(c2cccc(OCC)c2)C1(CC)CC. The predicted molar refractivity (Wildman–Crippen MR) is 90.1 cm³/mol. The molecule has 0 radical (unpaired) electrons. The molecule has 2 atom stereocenters. The lowest BCUT2D eigenvalue weighted by molar-refractivity contribution is 0.0201. The number of nitrogens with one attached hydrogen (secondary N) is 1. The van der Waals surface area contributed by atoms with Crippen LogP contribution in [0.15, 0.2) is 24.3 Å². The van der Waals surface area contributed by atoms with Crippen molar-refractivity contribution in [2.75, 3.05) is 13.2 Å². The van der Waals surface area contributed by atoms with E-state index in [1.54, 1.807) is 0 Å². The molecule has 0 spiro atoms. The summed E-state index contributed by atoms with van der Waals surface area (Å²) < 4.78 is 5.68. The van der Waals surface area contributed by atoms with E-state index >= 15 is 0 Å². The van der Waals surface area contributed by atoms with E-state index < -0.39 is 0 Å². The first-order chi connectivity index (χ1) is 10.2. The van der Waals surface area contributed by atoms with Gasteiger partial charge in [0.15, 0.2) is 0 Å². The van der Waals surface area contributed by atoms with Crippen LogP contribution in [0.2, 0.25) is 0 Å². The minimum atomic E-state index is 0.417. The summed E-state index contributed by atoms with van der Waals surface area (Å²) in [6.07, 6.45) is 4.96. The molecule has 0 saturated heterocycles. The minimum absolute atomic E-state index is 0.417. The van der Waals surface area contributed by atoms with Gasteiger partial charge in [-0.05, 0) is 68.2 Å². The third-order valence-electron chi connectivity index (χ3n) is 5.39. The van der Waals surface area contributed by atoms with Gasteiger partial charge in [-0.15, -0.1) is 0 Å². The maximum atomic E-state index is 5.68. The van der Waals surface area contributed by atoms with Crippen LogP contribution in [0.1, 0.15) is 64.9 Å². The monoisotopic (exact) mass is 289 g/mol. The summed E-state index contributed by atoms with van der Waals surface area (Å²) in [7, 11) is 0. The highest BCUT2D eigenvalue weighted by molar-refractivity contribution is 5.35. The van der Waals surface area contributed by atoms with Crippen molar-refractivity contribution in [3.8, 4) is 5.75 Å². The van der Waals surface area contributed by atoms with Crippen LogP contribution in [0.3, 0.4) is 0 Å². The standard InChI is InChI=1S/C19H31NO/c1-5-12-20-18-14-17(19(18,6-2)7-3)15-10-9-11-16(13-15)21-8-4/h9-11,13,17-18,20H,5-8,12,14H2,1-4H3. The molecule has 2 heteroatoms. The first kappa shape index (κ1) is 16.4. The molecule has 1 aromatic rings. The van der Waals surface area contributed by atoms with E-state index in [0.717, 1.165) is 18.9 Å². The Kier molecular flexibility index (Phi) is 5.69. The first-order valence-corrected chi connectivity index (χ1v) is 8.67. The second kappa shape index (κ2) is 7.31. The summed E-state index contributed by atoms with van der Waals surface area (Å²) in [5.74, 6) is 1.68. The zero-order chi connectivity index (χ0) is 15.3. The number of ether oxygens (including phenoxy) is 1. The quantitative estimate of drug-likeness (QED) is 0.746. The van der Waals surface area contributed by atoms with Crippen LogP contribution in [0.5, 0.6) is 5.75 Å². The van der Waals surface area contributed by atoms with E-state index in [-0.39, 0.29) is 0 Å². The van der Waals surface area contributed by atoms with Crippen molar-refractivity contribution in [2.24, 2.45) is 5.41 Å². The van der Waals surface area contributed by atoms with Crippen molar-refractivity contribution < 1.29 is 4.74 Å². The summed E-state index contributed by atoms with van der Waals surface area (Å²) in [5, 5.41) is 3.77. The molecule has 1 N–H and O–H groups in total. The van der Waals surface area contributed by atoms with Crippen molar-refractivity contribution in [3.63, 3.8) is 0 Å². The molecule has 2 nitrogen and oxygen atoms in total. The molecule has 1 aliphatic rings. The van der Waals surface area contributed by atoms with Gasteiger partial charge in [0.05, 0.1) is 6.61 Å². The van der Waals surface area contributed by atoms with Gasteiger partial charge in [-0.2, -0.15) is 0 Å². The molecule has 1 fully saturated rings. The number of rotatable bonds is 8. The lowest BCUT2D eigenvalue weighted by Crippen LogP contribution is -2.58. The lowest BCUT2D eigenvalue weighted by Gasteiger charge is -2.57.